The third-order valence-electron chi connectivity index (χ3n) is 5.94. The zero-order valence-corrected chi connectivity index (χ0v) is 19.9. The maximum Gasteiger partial charge on any atom is 0.255 e. The van der Waals surface area contributed by atoms with Gasteiger partial charge in [0, 0.05) is 56.2 Å². The molecule has 2 N–H and O–H groups in total. The molecule has 2 amide bonds. The summed E-state index contributed by atoms with van der Waals surface area (Å²) in [5.41, 5.74) is 2.40. The minimum Gasteiger partial charge on any atom is -0.379 e. The molecule has 0 bridgehead atoms. The number of morpholine rings is 1. The largest absolute Gasteiger partial charge is 0.379 e. The second-order valence-corrected chi connectivity index (χ2v) is 9.03. The molecule has 0 aromatic heterocycles. The molecule has 7 nitrogen and oxygen atoms in total. The van der Waals surface area contributed by atoms with E-state index in [0.29, 0.717) is 33.4 Å². The number of ether oxygens (including phenoxy) is 1. The smallest absolute Gasteiger partial charge is 0.255 e. The summed E-state index contributed by atoms with van der Waals surface area (Å²) in [7, 11) is 0. The molecule has 2 aliphatic heterocycles. The highest BCUT2D eigenvalue weighted by molar-refractivity contribution is 6.42. The fourth-order valence-electron chi connectivity index (χ4n) is 4.12. The van der Waals surface area contributed by atoms with Crippen molar-refractivity contribution in [3.8, 4) is 0 Å². The Morgan fingerprint density at radius 2 is 1.67 bits per heavy atom. The topological polar surface area (TPSA) is 73.9 Å². The summed E-state index contributed by atoms with van der Waals surface area (Å²) in [6, 6.07) is 10.2. The van der Waals surface area contributed by atoms with Gasteiger partial charge in [0.15, 0.2) is 0 Å². The summed E-state index contributed by atoms with van der Waals surface area (Å²) >= 11 is 12.0. The van der Waals surface area contributed by atoms with E-state index in [9.17, 15) is 9.59 Å². The maximum atomic E-state index is 13.1. The van der Waals surface area contributed by atoms with Crippen LogP contribution >= 0.6 is 23.2 Å². The van der Waals surface area contributed by atoms with Crippen LogP contribution in [0.5, 0.6) is 0 Å². The van der Waals surface area contributed by atoms with E-state index in [4.69, 9.17) is 27.9 Å². The van der Waals surface area contributed by atoms with Gasteiger partial charge in [0.1, 0.15) is 0 Å². The molecule has 2 aromatic rings. The van der Waals surface area contributed by atoms with Crippen molar-refractivity contribution in [3.63, 3.8) is 0 Å². The van der Waals surface area contributed by atoms with Crippen LogP contribution in [0.4, 0.5) is 11.4 Å². The van der Waals surface area contributed by atoms with E-state index in [-0.39, 0.29) is 11.8 Å². The molecule has 33 heavy (non-hydrogen) atoms. The molecule has 9 heteroatoms. The predicted molar refractivity (Wildman–Crippen MR) is 132 cm³/mol. The van der Waals surface area contributed by atoms with Crippen molar-refractivity contribution < 1.29 is 14.3 Å². The highest BCUT2D eigenvalue weighted by Crippen LogP contribution is 2.28. The van der Waals surface area contributed by atoms with Crippen molar-refractivity contribution in [2.24, 2.45) is 0 Å². The molecule has 2 aromatic carbocycles. The monoisotopic (exact) mass is 490 g/mol. The number of nitrogens with one attached hydrogen (secondary N) is 2. The van der Waals surface area contributed by atoms with Crippen molar-refractivity contribution >= 4 is 46.4 Å². The van der Waals surface area contributed by atoms with Crippen LogP contribution in [0.1, 0.15) is 33.6 Å². The summed E-state index contributed by atoms with van der Waals surface area (Å²) in [6.45, 7) is 6.39. The zero-order chi connectivity index (χ0) is 23.2. The molecule has 0 atom stereocenters. The first kappa shape index (κ1) is 23.8. The van der Waals surface area contributed by atoms with E-state index in [2.05, 4.69) is 20.4 Å². The number of carbonyl (C=O) groups is 2. The standard InChI is InChI=1S/C24H28Cl2N4O3/c25-20-5-3-17(15-21(20)26)23(31)28-18-4-6-22(30-8-1-2-9-30)19(16-18)24(32)27-7-10-29-11-13-33-14-12-29/h3-6,15-16H,1-2,7-14H2,(H,27,32)(H,28,31). The lowest BCUT2D eigenvalue weighted by atomic mass is 10.1. The number of benzene rings is 2. The average molecular weight is 491 g/mol. The first-order chi connectivity index (χ1) is 16.0. The number of anilines is 2. The van der Waals surface area contributed by atoms with Gasteiger partial charge in [-0.1, -0.05) is 23.2 Å². The van der Waals surface area contributed by atoms with E-state index >= 15 is 0 Å². The molecule has 2 fully saturated rings. The third-order valence-corrected chi connectivity index (χ3v) is 6.68. The molecular formula is C24H28Cl2N4O3. The van der Waals surface area contributed by atoms with Crippen molar-refractivity contribution in [1.29, 1.82) is 0 Å². The van der Waals surface area contributed by atoms with Crippen LogP contribution in [-0.2, 0) is 4.74 Å². The minimum atomic E-state index is -0.318. The predicted octanol–water partition coefficient (Wildman–Crippen LogP) is 3.91. The van der Waals surface area contributed by atoms with Gasteiger partial charge in [0.25, 0.3) is 11.8 Å². The first-order valence-electron chi connectivity index (χ1n) is 11.2. The SMILES string of the molecule is O=C(Nc1ccc(N2CCCC2)c(C(=O)NCCN2CCOCC2)c1)c1ccc(Cl)c(Cl)c1. The molecule has 4 rings (SSSR count). The van der Waals surface area contributed by atoms with Gasteiger partial charge in [-0.3, -0.25) is 14.5 Å². The van der Waals surface area contributed by atoms with Crippen LogP contribution in [-0.4, -0.2) is 69.2 Å². The Balaban J connectivity index is 1.48. The molecule has 2 heterocycles. The number of hydrogen-bond donors (Lipinski definition) is 2. The van der Waals surface area contributed by atoms with Crippen LogP contribution in [0, 0.1) is 0 Å². The Bertz CT molecular complexity index is 1010. The molecule has 2 aliphatic rings. The lowest BCUT2D eigenvalue weighted by Crippen LogP contribution is -2.41. The quantitative estimate of drug-likeness (QED) is 0.615. The second-order valence-electron chi connectivity index (χ2n) is 8.22. The van der Waals surface area contributed by atoms with Gasteiger partial charge < -0.3 is 20.3 Å². The van der Waals surface area contributed by atoms with Gasteiger partial charge in [-0.2, -0.15) is 0 Å². The Labute approximate surface area is 204 Å². The number of nitrogens with zero attached hydrogens (tertiary/aromatic N) is 2. The Kier molecular flexibility index (Phi) is 8.09. The fourth-order valence-corrected chi connectivity index (χ4v) is 4.42. The lowest BCUT2D eigenvalue weighted by molar-refractivity contribution is 0.0383. The zero-order valence-electron chi connectivity index (χ0n) is 18.4. The van der Waals surface area contributed by atoms with Gasteiger partial charge in [0.05, 0.1) is 28.8 Å². The van der Waals surface area contributed by atoms with Gasteiger partial charge in [-0.15, -0.1) is 0 Å². The van der Waals surface area contributed by atoms with Crippen LogP contribution in [0.2, 0.25) is 10.0 Å². The summed E-state index contributed by atoms with van der Waals surface area (Å²) < 4.78 is 5.38. The number of carbonyl (C=O) groups excluding carboxylic acids is 2. The summed E-state index contributed by atoms with van der Waals surface area (Å²) in [6.07, 6.45) is 2.21. The van der Waals surface area contributed by atoms with E-state index in [0.717, 1.165) is 64.5 Å². The van der Waals surface area contributed by atoms with Crippen LogP contribution in [0.15, 0.2) is 36.4 Å². The van der Waals surface area contributed by atoms with E-state index in [1.54, 1.807) is 18.2 Å². The molecule has 0 aliphatic carbocycles. The van der Waals surface area contributed by atoms with Crippen LogP contribution < -0.4 is 15.5 Å². The van der Waals surface area contributed by atoms with Gasteiger partial charge >= 0.3 is 0 Å². The number of hydrogen-bond acceptors (Lipinski definition) is 5. The maximum absolute atomic E-state index is 13.1. The number of amides is 2. The van der Waals surface area contributed by atoms with Crippen molar-refractivity contribution in [2.45, 2.75) is 12.8 Å². The van der Waals surface area contributed by atoms with E-state index in [1.807, 2.05) is 12.1 Å². The molecule has 176 valence electrons. The van der Waals surface area contributed by atoms with Crippen molar-refractivity contribution in [3.05, 3.63) is 57.6 Å². The molecular weight excluding hydrogens is 463 g/mol. The third kappa shape index (κ3) is 6.18. The van der Waals surface area contributed by atoms with Crippen molar-refractivity contribution in [2.75, 3.05) is 62.7 Å². The number of halogens is 2. The van der Waals surface area contributed by atoms with E-state index in [1.165, 1.54) is 6.07 Å². The first-order valence-corrected chi connectivity index (χ1v) is 12.0. The molecule has 0 saturated carbocycles. The molecule has 0 unspecified atom stereocenters. The van der Waals surface area contributed by atoms with E-state index < -0.39 is 0 Å². The minimum absolute atomic E-state index is 0.143. The van der Waals surface area contributed by atoms with Crippen LogP contribution in [0.3, 0.4) is 0 Å². The Morgan fingerprint density at radius 3 is 2.39 bits per heavy atom. The number of rotatable bonds is 7. The summed E-state index contributed by atoms with van der Waals surface area (Å²) in [4.78, 5) is 30.3. The molecule has 0 spiro atoms. The summed E-state index contributed by atoms with van der Waals surface area (Å²) in [5.74, 6) is -0.461. The highest BCUT2D eigenvalue weighted by Gasteiger charge is 2.21. The Morgan fingerprint density at radius 1 is 0.909 bits per heavy atom. The highest BCUT2D eigenvalue weighted by atomic mass is 35.5. The van der Waals surface area contributed by atoms with Gasteiger partial charge in [-0.05, 0) is 49.2 Å². The van der Waals surface area contributed by atoms with Crippen molar-refractivity contribution in [1.82, 2.24) is 10.2 Å². The van der Waals surface area contributed by atoms with Gasteiger partial charge in [-0.25, -0.2) is 0 Å². The molecule has 0 radical (unpaired) electrons. The normalized spacial score (nSPS) is 16.6. The fraction of sp³-hybridized carbons (Fsp3) is 0.417. The summed E-state index contributed by atoms with van der Waals surface area (Å²) in [5, 5.41) is 6.61. The second kappa shape index (κ2) is 11.2. The van der Waals surface area contributed by atoms with Crippen LogP contribution in [0.25, 0.3) is 0 Å². The lowest BCUT2D eigenvalue weighted by Gasteiger charge is -2.26. The molecule has 2 saturated heterocycles. The Hall–Kier alpha value is -2.32. The van der Waals surface area contributed by atoms with Gasteiger partial charge in [0.2, 0.25) is 0 Å². The average Bonchev–Trinajstić information content (AvgIpc) is 3.36.